The van der Waals surface area contributed by atoms with Gasteiger partial charge in [0.25, 0.3) is 5.88 Å². The zero-order valence-corrected chi connectivity index (χ0v) is 16.2. The minimum atomic E-state index is -3.81. The summed E-state index contributed by atoms with van der Waals surface area (Å²) in [6.07, 6.45) is 4.57. The van der Waals surface area contributed by atoms with E-state index in [2.05, 4.69) is 9.97 Å². The fraction of sp³-hybridized carbons (Fsp3) is 0.444. The van der Waals surface area contributed by atoms with Crippen molar-refractivity contribution in [1.29, 1.82) is 0 Å². The molecule has 1 fully saturated rings. The zero-order chi connectivity index (χ0) is 19.4. The van der Waals surface area contributed by atoms with E-state index in [1.807, 2.05) is 11.9 Å². The molecule has 1 aromatic carbocycles. The molecule has 0 unspecified atom stereocenters. The van der Waals surface area contributed by atoms with Crippen LogP contribution in [0.4, 0.5) is 10.2 Å². The highest BCUT2D eigenvalue weighted by molar-refractivity contribution is 7.89. The van der Waals surface area contributed by atoms with Gasteiger partial charge in [-0.05, 0) is 30.9 Å². The molecule has 0 aliphatic carbocycles. The number of rotatable bonds is 6. The van der Waals surface area contributed by atoms with Crippen LogP contribution in [0.2, 0.25) is 0 Å². The number of hydrogen-bond acceptors (Lipinski definition) is 6. The van der Waals surface area contributed by atoms with Crippen LogP contribution in [0.3, 0.4) is 0 Å². The summed E-state index contributed by atoms with van der Waals surface area (Å²) in [4.78, 5) is 10.2. The van der Waals surface area contributed by atoms with E-state index in [1.165, 1.54) is 28.6 Å². The molecule has 146 valence electrons. The Balaban J connectivity index is 1.63. The number of halogens is 1. The van der Waals surface area contributed by atoms with Gasteiger partial charge in [0, 0.05) is 39.1 Å². The van der Waals surface area contributed by atoms with Gasteiger partial charge in [-0.2, -0.15) is 4.31 Å². The molecule has 1 aliphatic rings. The molecule has 27 heavy (non-hydrogen) atoms. The van der Waals surface area contributed by atoms with E-state index in [0.29, 0.717) is 50.1 Å². The molecule has 0 saturated carbocycles. The Morgan fingerprint density at radius 2 is 1.89 bits per heavy atom. The molecule has 9 heteroatoms. The van der Waals surface area contributed by atoms with E-state index < -0.39 is 15.8 Å². The minimum absolute atomic E-state index is 0.259. The van der Waals surface area contributed by atoms with Gasteiger partial charge >= 0.3 is 0 Å². The third kappa shape index (κ3) is 4.19. The van der Waals surface area contributed by atoms with E-state index in [1.54, 1.807) is 19.5 Å². The number of sulfonamides is 1. The fourth-order valence-corrected chi connectivity index (χ4v) is 4.86. The van der Waals surface area contributed by atoms with Crippen molar-refractivity contribution in [3.05, 3.63) is 42.5 Å². The van der Waals surface area contributed by atoms with Crippen molar-refractivity contribution in [3.8, 4) is 5.88 Å². The lowest BCUT2D eigenvalue weighted by atomic mass is 9.98. The van der Waals surface area contributed by atoms with Crippen LogP contribution in [-0.2, 0) is 10.0 Å². The monoisotopic (exact) mass is 394 g/mol. The molecule has 1 aromatic heterocycles. The first-order valence-electron chi connectivity index (χ1n) is 8.74. The van der Waals surface area contributed by atoms with Gasteiger partial charge in [-0.1, -0.05) is 12.1 Å². The lowest BCUT2D eigenvalue weighted by Crippen LogP contribution is -2.41. The standard InChI is InChI=1S/C18H23FN4O3S/c1-22(17-18(26-2)21-10-9-20-17)13-14-7-11-23(12-8-14)27(24,25)16-6-4-3-5-15(16)19/h3-6,9-10,14H,7-8,11-13H2,1-2H3. The number of methoxy groups -OCH3 is 1. The molecule has 2 aromatic rings. The third-order valence-corrected chi connectivity index (χ3v) is 6.69. The molecular formula is C18H23FN4O3S. The summed E-state index contributed by atoms with van der Waals surface area (Å²) >= 11 is 0. The molecule has 0 bridgehead atoms. The van der Waals surface area contributed by atoms with Crippen molar-refractivity contribution in [1.82, 2.24) is 14.3 Å². The van der Waals surface area contributed by atoms with Gasteiger partial charge in [-0.15, -0.1) is 0 Å². The van der Waals surface area contributed by atoms with E-state index in [-0.39, 0.29) is 4.90 Å². The molecule has 0 atom stereocenters. The number of aromatic nitrogens is 2. The molecule has 1 aliphatic heterocycles. The summed E-state index contributed by atoms with van der Waals surface area (Å²) in [6.45, 7) is 1.45. The zero-order valence-electron chi connectivity index (χ0n) is 15.4. The Labute approximate surface area is 158 Å². The second kappa shape index (κ2) is 8.18. The van der Waals surface area contributed by atoms with Crippen LogP contribution in [0.25, 0.3) is 0 Å². The lowest BCUT2D eigenvalue weighted by Gasteiger charge is -2.33. The summed E-state index contributed by atoms with van der Waals surface area (Å²) in [7, 11) is -0.344. The Kier molecular flexibility index (Phi) is 5.91. The normalized spacial score (nSPS) is 16.3. The van der Waals surface area contributed by atoms with Crippen LogP contribution in [0.5, 0.6) is 5.88 Å². The van der Waals surface area contributed by atoms with Crippen molar-refractivity contribution in [2.75, 3.05) is 38.7 Å². The second-order valence-electron chi connectivity index (χ2n) is 6.55. The number of piperidine rings is 1. The van der Waals surface area contributed by atoms with Crippen LogP contribution in [0, 0.1) is 11.7 Å². The van der Waals surface area contributed by atoms with Crippen LogP contribution in [0.1, 0.15) is 12.8 Å². The molecule has 0 amide bonds. The van der Waals surface area contributed by atoms with Crippen molar-refractivity contribution < 1.29 is 17.5 Å². The Hall–Kier alpha value is -2.26. The predicted octanol–water partition coefficient (Wildman–Crippen LogP) is 2.16. The average molecular weight is 394 g/mol. The largest absolute Gasteiger partial charge is 0.478 e. The Morgan fingerprint density at radius 1 is 1.22 bits per heavy atom. The molecular weight excluding hydrogens is 371 g/mol. The van der Waals surface area contributed by atoms with Crippen molar-refractivity contribution in [2.24, 2.45) is 5.92 Å². The van der Waals surface area contributed by atoms with Crippen molar-refractivity contribution in [3.63, 3.8) is 0 Å². The molecule has 0 N–H and O–H groups in total. The quantitative estimate of drug-likeness (QED) is 0.747. The lowest BCUT2D eigenvalue weighted by molar-refractivity contribution is 0.275. The average Bonchev–Trinajstić information content (AvgIpc) is 2.68. The number of benzene rings is 1. The number of hydrogen-bond donors (Lipinski definition) is 0. The first kappa shape index (κ1) is 19.5. The van der Waals surface area contributed by atoms with E-state index >= 15 is 0 Å². The molecule has 0 spiro atoms. The van der Waals surface area contributed by atoms with Gasteiger partial charge in [0.2, 0.25) is 10.0 Å². The topological polar surface area (TPSA) is 75.6 Å². The maximum atomic E-state index is 13.9. The SMILES string of the molecule is COc1nccnc1N(C)CC1CCN(S(=O)(=O)c2ccccc2F)CC1. The smallest absolute Gasteiger partial charge is 0.257 e. The Bertz CT molecular complexity index is 886. The third-order valence-electron chi connectivity index (χ3n) is 4.76. The molecule has 2 heterocycles. The summed E-state index contributed by atoms with van der Waals surface area (Å²) in [5.41, 5.74) is 0. The maximum absolute atomic E-state index is 13.9. The first-order chi connectivity index (χ1) is 12.9. The van der Waals surface area contributed by atoms with Gasteiger partial charge in [0.1, 0.15) is 10.7 Å². The van der Waals surface area contributed by atoms with Gasteiger partial charge in [-0.3, -0.25) is 0 Å². The van der Waals surface area contributed by atoms with Gasteiger partial charge in [0.05, 0.1) is 7.11 Å². The first-order valence-corrected chi connectivity index (χ1v) is 10.2. The highest BCUT2D eigenvalue weighted by Gasteiger charge is 2.31. The van der Waals surface area contributed by atoms with Crippen LogP contribution < -0.4 is 9.64 Å². The highest BCUT2D eigenvalue weighted by Crippen LogP contribution is 2.28. The summed E-state index contributed by atoms with van der Waals surface area (Å²) in [5, 5.41) is 0. The number of nitrogens with zero attached hydrogens (tertiary/aromatic N) is 4. The Morgan fingerprint density at radius 3 is 2.56 bits per heavy atom. The molecule has 3 rings (SSSR count). The van der Waals surface area contributed by atoms with Gasteiger partial charge < -0.3 is 9.64 Å². The van der Waals surface area contributed by atoms with Gasteiger partial charge in [0.15, 0.2) is 5.82 Å². The van der Waals surface area contributed by atoms with E-state index in [9.17, 15) is 12.8 Å². The minimum Gasteiger partial charge on any atom is -0.478 e. The highest BCUT2D eigenvalue weighted by atomic mass is 32.2. The van der Waals surface area contributed by atoms with E-state index in [0.717, 1.165) is 0 Å². The molecule has 7 nitrogen and oxygen atoms in total. The maximum Gasteiger partial charge on any atom is 0.257 e. The van der Waals surface area contributed by atoms with Gasteiger partial charge in [-0.25, -0.2) is 22.8 Å². The van der Waals surface area contributed by atoms with Crippen molar-refractivity contribution in [2.45, 2.75) is 17.7 Å². The van der Waals surface area contributed by atoms with Crippen LogP contribution in [0.15, 0.2) is 41.6 Å². The molecule has 0 radical (unpaired) electrons. The number of ether oxygens (including phenoxy) is 1. The van der Waals surface area contributed by atoms with Crippen LogP contribution >= 0.6 is 0 Å². The molecule has 1 saturated heterocycles. The van der Waals surface area contributed by atoms with Crippen LogP contribution in [-0.4, -0.2) is 56.5 Å². The summed E-state index contributed by atoms with van der Waals surface area (Å²) in [5.74, 6) is 0.698. The fourth-order valence-electron chi connectivity index (χ4n) is 3.32. The van der Waals surface area contributed by atoms with E-state index in [4.69, 9.17) is 4.74 Å². The summed E-state index contributed by atoms with van der Waals surface area (Å²) in [6, 6.07) is 5.50. The van der Waals surface area contributed by atoms with Crippen molar-refractivity contribution >= 4 is 15.8 Å². The number of anilines is 1. The summed E-state index contributed by atoms with van der Waals surface area (Å²) < 4.78 is 45.9. The second-order valence-corrected chi connectivity index (χ2v) is 8.45. The predicted molar refractivity (Wildman–Crippen MR) is 99.7 cm³/mol.